The molecule has 5 nitrogen and oxygen atoms in total. The van der Waals surface area contributed by atoms with Crippen molar-refractivity contribution in [1.82, 2.24) is 10.2 Å². The standard InChI is InChI=1S/C9H16N2O3/c1-6(7-3-4-7)11(2)9(14)10-5-8(12)13/h6-7H,3-5H2,1-2H3,(H,10,14)(H,12,13). The van der Waals surface area contributed by atoms with Crippen molar-refractivity contribution in [3.05, 3.63) is 0 Å². The molecule has 0 bridgehead atoms. The van der Waals surface area contributed by atoms with Crippen molar-refractivity contribution >= 4 is 12.0 Å². The molecule has 2 amide bonds. The molecule has 0 spiro atoms. The fourth-order valence-corrected chi connectivity index (χ4v) is 1.36. The first-order chi connectivity index (χ1) is 6.52. The molecule has 0 aliphatic heterocycles. The SMILES string of the molecule is CC(C1CC1)N(C)C(=O)NCC(=O)O. The minimum absolute atomic E-state index is 0.198. The number of hydrogen-bond donors (Lipinski definition) is 2. The van der Waals surface area contributed by atoms with Crippen molar-refractivity contribution in [3.8, 4) is 0 Å². The lowest BCUT2D eigenvalue weighted by Gasteiger charge is -2.24. The van der Waals surface area contributed by atoms with Gasteiger partial charge in [0.15, 0.2) is 0 Å². The largest absolute Gasteiger partial charge is 0.480 e. The van der Waals surface area contributed by atoms with E-state index in [0.717, 1.165) is 12.8 Å². The number of carbonyl (C=O) groups is 2. The Kier molecular flexibility index (Phi) is 3.33. The maximum absolute atomic E-state index is 11.4. The molecule has 1 fully saturated rings. The van der Waals surface area contributed by atoms with Crippen molar-refractivity contribution in [2.45, 2.75) is 25.8 Å². The number of carboxylic acids is 1. The van der Waals surface area contributed by atoms with Crippen LogP contribution in [0.1, 0.15) is 19.8 Å². The zero-order valence-electron chi connectivity index (χ0n) is 8.49. The highest BCUT2D eigenvalue weighted by molar-refractivity contribution is 5.79. The summed E-state index contributed by atoms with van der Waals surface area (Å²) < 4.78 is 0. The Morgan fingerprint density at radius 1 is 1.57 bits per heavy atom. The molecule has 80 valence electrons. The first kappa shape index (κ1) is 10.8. The molecule has 0 aromatic heterocycles. The van der Waals surface area contributed by atoms with Gasteiger partial charge in [-0.05, 0) is 25.7 Å². The first-order valence-corrected chi connectivity index (χ1v) is 4.75. The van der Waals surface area contributed by atoms with Crippen LogP contribution in [-0.4, -0.2) is 41.6 Å². The lowest BCUT2D eigenvalue weighted by Crippen LogP contribution is -2.44. The second-order valence-corrected chi connectivity index (χ2v) is 3.74. The molecule has 0 aromatic rings. The molecule has 1 aliphatic carbocycles. The van der Waals surface area contributed by atoms with Gasteiger partial charge in [-0.25, -0.2) is 4.79 Å². The second-order valence-electron chi connectivity index (χ2n) is 3.74. The molecule has 1 unspecified atom stereocenters. The summed E-state index contributed by atoms with van der Waals surface area (Å²) >= 11 is 0. The zero-order chi connectivity index (χ0) is 10.7. The van der Waals surface area contributed by atoms with Gasteiger partial charge in [0.1, 0.15) is 6.54 Å². The van der Waals surface area contributed by atoms with E-state index in [1.807, 2.05) is 6.92 Å². The van der Waals surface area contributed by atoms with Gasteiger partial charge in [0, 0.05) is 13.1 Å². The van der Waals surface area contributed by atoms with Crippen LogP contribution >= 0.6 is 0 Å². The Bertz CT molecular complexity index is 238. The van der Waals surface area contributed by atoms with E-state index in [-0.39, 0.29) is 18.6 Å². The lowest BCUT2D eigenvalue weighted by atomic mass is 10.2. The van der Waals surface area contributed by atoms with E-state index >= 15 is 0 Å². The molecule has 0 heterocycles. The molecule has 1 atom stereocenters. The molecule has 0 aromatic carbocycles. The summed E-state index contributed by atoms with van der Waals surface area (Å²) in [5.74, 6) is -0.429. The van der Waals surface area contributed by atoms with Crippen molar-refractivity contribution in [2.24, 2.45) is 5.92 Å². The third kappa shape index (κ3) is 2.90. The number of nitrogens with one attached hydrogen (secondary N) is 1. The van der Waals surface area contributed by atoms with E-state index in [1.54, 1.807) is 11.9 Å². The Balaban J connectivity index is 2.31. The summed E-state index contributed by atoms with van der Waals surface area (Å²) in [5.41, 5.74) is 0. The predicted octanol–water partition coefficient (Wildman–Crippen LogP) is 0.511. The van der Waals surface area contributed by atoms with Gasteiger partial charge in [0.2, 0.25) is 0 Å². The minimum Gasteiger partial charge on any atom is -0.480 e. The summed E-state index contributed by atoms with van der Waals surface area (Å²) in [6.07, 6.45) is 2.33. The molecular weight excluding hydrogens is 184 g/mol. The van der Waals surface area contributed by atoms with Gasteiger partial charge in [-0.15, -0.1) is 0 Å². The predicted molar refractivity (Wildman–Crippen MR) is 51.0 cm³/mol. The lowest BCUT2D eigenvalue weighted by molar-refractivity contribution is -0.135. The van der Waals surface area contributed by atoms with E-state index in [0.29, 0.717) is 5.92 Å². The number of carboxylic acid groups (broad SMARTS) is 1. The van der Waals surface area contributed by atoms with Gasteiger partial charge in [-0.1, -0.05) is 0 Å². The van der Waals surface area contributed by atoms with E-state index in [1.165, 1.54) is 0 Å². The number of nitrogens with zero attached hydrogens (tertiary/aromatic N) is 1. The third-order valence-corrected chi connectivity index (χ3v) is 2.63. The summed E-state index contributed by atoms with van der Waals surface area (Å²) in [7, 11) is 1.69. The van der Waals surface area contributed by atoms with E-state index in [9.17, 15) is 9.59 Å². The average molecular weight is 200 g/mol. The second kappa shape index (κ2) is 4.30. The fraction of sp³-hybridized carbons (Fsp3) is 0.778. The van der Waals surface area contributed by atoms with Crippen LogP contribution in [0.5, 0.6) is 0 Å². The van der Waals surface area contributed by atoms with Crippen molar-refractivity contribution in [1.29, 1.82) is 0 Å². The summed E-state index contributed by atoms with van der Waals surface area (Å²) in [4.78, 5) is 23.2. The van der Waals surface area contributed by atoms with Crippen LogP contribution in [0, 0.1) is 5.92 Å². The molecule has 1 aliphatic rings. The van der Waals surface area contributed by atoms with E-state index in [2.05, 4.69) is 5.32 Å². The average Bonchev–Trinajstić information content (AvgIpc) is 2.94. The smallest absolute Gasteiger partial charge is 0.323 e. The Labute approximate surface area is 83.1 Å². The quantitative estimate of drug-likeness (QED) is 0.694. The van der Waals surface area contributed by atoms with Gasteiger partial charge >= 0.3 is 12.0 Å². The molecule has 14 heavy (non-hydrogen) atoms. The topological polar surface area (TPSA) is 69.6 Å². The number of aliphatic carboxylic acids is 1. The van der Waals surface area contributed by atoms with Crippen molar-refractivity contribution in [3.63, 3.8) is 0 Å². The molecule has 5 heteroatoms. The van der Waals surface area contributed by atoms with E-state index < -0.39 is 5.97 Å². The van der Waals surface area contributed by atoms with Gasteiger partial charge in [-0.3, -0.25) is 4.79 Å². The minimum atomic E-state index is -1.02. The highest BCUT2D eigenvalue weighted by atomic mass is 16.4. The summed E-state index contributed by atoms with van der Waals surface area (Å²) in [5, 5.41) is 10.7. The maximum atomic E-state index is 11.4. The molecule has 0 saturated heterocycles. The fourth-order valence-electron chi connectivity index (χ4n) is 1.36. The van der Waals surface area contributed by atoms with Crippen molar-refractivity contribution < 1.29 is 14.7 Å². The number of carbonyl (C=O) groups excluding carboxylic acids is 1. The number of amides is 2. The van der Waals surface area contributed by atoms with Crippen LogP contribution < -0.4 is 5.32 Å². The van der Waals surface area contributed by atoms with Crippen LogP contribution in [-0.2, 0) is 4.79 Å². The van der Waals surface area contributed by atoms with Gasteiger partial charge in [0.25, 0.3) is 0 Å². The Morgan fingerprint density at radius 2 is 2.14 bits per heavy atom. The molecule has 1 rings (SSSR count). The first-order valence-electron chi connectivity index (χ1n) is 4.75. The number of hydrogen-bond acceptors (Lipinski definition) is 2. The number of rotatable bonds is 4. The van der Waals surface area contributed by atoms with Crippen LogP contribution in [0.25, 0.3) is 0 Å². The third-order valence-electron chi connectivity index (χ3n) is 2.63. The van der Waals surface area contributed by atoms with Gasteiger partial charge < -0.3 is 15.3 Å². The summed E-state index contributed by atoms with van der Waals surface area (Å²) in [6.45, 7) is 1.67. The Hall–Kier alpha value is -1.26. The van der Waals surface area contributed by atoms with Gasteiger partial charge in [0.05, 0.1) is 0 Å². The normalized spacial score (nSPS) is 17.3. The monoisotopic (exact) mass is 200 g/mol. The van der Waals surface area contributed by atoms with Gasteiger partial charge in [-0.2, -0.15) is 0 Å². The Morgan fingerprint density at radius 3 is 2.57 bits per heavy atom. The highest BCUT2D eigenvalue weighted by Crippen LogP contribution is 2.34. The molecule has 2 N–H and O–H groups in total. The molecule has 1 saturated carbocycles. The molecule has 0 radical (unpaired) electrons. The van der Waals surface area contributed by atoms with Crippen LogP contribution in [0.15, 0.2) is 0 Å². The zero-order valence-corrected chi connectivity index (χ0v) is 8.49. The van der Waals surface area contributed by atoms with Crippen LogP contribution in [0.2, 0.25) is 0 Å². The van der Waals surface area contributed by atoms with E-state index in [4.69, 9.17) is 5.11 Å². The summed E-state index contributed by atoms with van der Waals surface area (Å²) in [6, 6.07) is -0.115. The number of urea groups is 1. The van der Waals surface area contributed by atoms with Crippen LogP contribution in [0.3, 0.4) is 0 Å². The highest BCUT2D eigenvalue weighted by Gasteiger charge is 2.32. The van der Waals surface area contributed by atoms with Crippen LogP contribution in [0.4, 0.5) is 4.79 Å². The van der Waals surface area contributed by atoms with Crippen molar-refractivity contribution in [2.75, 3.05) is 13.6 Å². The molecular formula is C9H16N2O3. The maximum Gasteiger partial charge on any atom is 0.323 e.